The predicted molar refractivity (Wildman–Crippen MR) is 135 cm³/mol. The van der Waals surface area contributed by atoms with Crippen LogP contribution in [0.3, 0.4) is 0 Å². The first-order chi connectivity index (χ1) is 16.7. The van der Waals surface area contributed by atoms with Crippen LogP contribution in [0.25, 0.3) is 22.1 Å². The SMILES string of the molecule is NCc1ccc2nc(Cc3nc4ccc(C(=O)NCCCCc5ccccc5)cc4[nH]3)[nH]c2c1. The Morgan fingerprint density at radius 1 is 0.824 bits per heavy atom. The molecule has 34 heavy (non-hydrogen) atoms. The summed E-state index contributed by atoms with van der Waals surface area (Å²) in [6, 6.07) is 22.0. The molecular weight excluding hydrogens is 424 g/mol. The van der Waals surface area contributed by atoms with E-state index in [1.54, 1.807) is 0 Å². The highest BCUT2D eigenvalue weighted by molar-refractivity contribution is 5.97. The van der Waals surface area contributed by atoms with Gasteiger partial charge < -0.3 is 21.0 Å². The van der Waals surface area contributed by atoms with Crippen molar-refractivity contribution in [3.05, 3.63) is 95.1 Å². The van der Waals surface area contributed by atoms with Crippen molar-refractivity contribution in [3.63, 3.8) is 0 Å². The van der Waals surface area contributed by atoms with E-state index in [0.29, 0.717) is 25.1 Å². The normalized spacial score (nSPS) is 11.3. The molecule has 0 aliphatic carbocycles. The van der Waals surface area contributed by atoms with Crippen LogP contribution in [-0.2, 0) is 19.4 Å². The lowest BCUT2D eigenvalue weighted by Gasteiger charge is -2.05. The van der Waals surface area contributed by atoms with E-state index in [1.165, 1.54) is 5.56 Å². The van der Waals surface area contributed by atoms with Crippen LogP contribution in [0.2, 0.25) is 0 Å². The number of hydrogen-bond donors (Lipinski definition) is 4. The Labute approximate surface area is 197 Å². The van der Waals surface area contributed by atoms with Crippen LogP contribution in [-0.4, -0.2) is 32.4 Å². The first kappa shape index (κ1) is 21.9. The summed E-state index contributed by atoms with van der Waals surface area (Å²) in [4.78, 5) is 28.6. The van der Waals surface area contributed by atoms with Gasteiger partial charge in [-0.3, -0.25) is 4.79 Å². The maximum absolute atomic E-state index is 12.6. The minimum atomic E-state index is -0.0641. The van der Waals surface area contributed by atoms with E-state index in [2.05, 4.69) is 49.5 Å². The fourth-order valence-electron chi connectivity index (χ4n) is 4.17. The molecule has 0 aliphatic heterocycles. The van der Waals surface area contributed by atoms with Gasteiger partial charge in [0, 0.05) is 18.7 Å². The van der Waals surface area contributed by atoms with Gasteiger partial charge in [-0.05, 0) is 60.7 Å². The first-order valence-electron chi connectivity index (χ1n) is 11.7. The zero-order valence-corrected chi connectivity index (χ0v) is 19.0. The Morgan fingerprint density at radius 2 is 1.53 bits per heavy atom. The fraction of sp³-hybridized carbons (Fsp3) is 0.222. The molecule has 2 aromatic heterocycles. The largest absolute Gasteiger partial charge is 0.352 e. The topological polar surface area (TPSA) is 112 Å². The number of H-pyrrole nitrogens is 2. The maximum Gasteiger partial charge on any atom is 0.251 e. The van der Waals surface area contributed by atoms with E-state index in [1.807, 2.05) is 42.5 Å². The van der Waals surface area contributed by atoms with Crippen molar-refractivity contribution in [2.24, 2.45) is 5.73 Å². The second-order valence-electron chi connectivity index (χ2n) is 8.53. The third kappa shape index (κ3) is 5.00. The van der Waals surface area contributed by atoms with Gasteiger partial charge in [-0.15, -0.1) is 0 Å². The zero-order chi connectivity index (χ0) is 23.3. The van der Waals surface area contributed by atoms with Gasteiger partial charge in [0.15, 0.2) is 0 Å². The third-order valence-electron chi connectivity index (χ3n) is 5.98. The molecule has 0 saturated carbocycles. The summed E-state index contributed by atoms with van der Waals surface area (Å²) in [5, 5.41) is 3.02. The number of aryl methyl sites for hydroxylation is 1. The van der Waals surface area contributed by atoms with E-state index in [0.717, 1.165) is 58.5 Å². The summed E-state index contributed by atoms with van der Waals surface area (Å²) in [7, 11) is 0. The highest BCUT2D eigenvalue weighted by Crippen LogP contribution is 2.18. The third-order valence-corrected chi connectivity index (χ3v) is 5.98. The van der Waals surface area contributed by atoms with E-state index >= 15 is 0 Å². The molecule has 0 radical (unpaired) electrons. The number of unbranched alkanes of at least 4 members (excludes halogenated alkanes) is 1. The highest BCUT2D eigenvalue weighted by atomic mass is 16.1. The molecule has 0 spiro atoms. The Bertz CT molecular complexity index is 1420. The molecule has 7 heteroatoms. The molecule has 0 unspecified atom stereocenters. The molecule has 0 aliphatic rings. The summed E-state index contributed by atoms with van der Waals surface area (Å²) < 4.78 is 0. The number of aromatic nitrogens is 4. The molecule has 0 fully saturated rings. The van der Waals surface area contributed by atoms with E-state index in [9.17, 15) is 4.79 Å². The second kappa shape index (κ2) is 9.89. The number of aromatic amines is 2. The van der Waals surface area contributed by atoms with Crippen LogP contribution in [0.4, 0.5) is 0 Å². The predicted octanol–water partition coefficient (Wildman–Crippen LogP) is 4.24. The number of imidazole rings is 2. The molecule has 0 atom stereocenters. The lowest BCUT2D eigenvalue weighted by molar-refractivity contribution is 0.0953. The molecule has 172 valence electrons. The van der Waals surface area contributed by atoms with Crippen LogP contribution in [0.5, 0.6) is 0 Å². The molecule has 2 heterocycles. The molecule has 5 aromatic rings. The van der Waals surface area contributed by atoms with Gasteiger partial charge in [-0.25, -0.2) is 9.97 Å². The smallest absolute Gasteiger partial charge is 0.251 e. The summed E-state index contributed by atoms with van der Waals surface area (Å²) in [5.41, 5.74) is 12.3. The van der Waals surface area contributed by atoms with Gasteiger partial charge in [-0.1, -0.05) is 36.4 Å². The Morgan fingerprint density at radius 3 is 2.26 bits per heavy atom. The van der Waals surface area contributed by atoms with Crippen molar-refractivity contribution in [2.75, 3.05) is 6.54 Å². The Hall–Kier alpha value is -3.97. The molecular formula is C27H28N6O. The molecule has 0 saturated heterocycles. The van der Waals surface area contributed by atoms with Crippen molar-refractivity contribution in [2.45, 2.75) is 32.2 Å². The van der Waals surface area contributed by atoms with Gasteiger partial charge in [0.25, 0.3) is 5.91 Å². The Kier molecular flexibility index (Phi) is 6.35. The van der Waals surface area contributed by atoms with Crippen LogP contribution in [0.15, 0.2) is 66.7 Å². The zero-order valence-electron chi connectivity index (χ0n) is 19.0. The molecule has 1 amide bonds. The van der Waals surface area contributed by atoms with Gasteiger partial charge >= 0.3 is 0 Å². The van der Waals surface area contributed by atoms with Crippen molar-refractivity contribution >= 4 is 28.0 Å². The molecule has 5 N–H and O–H groups in total. The number of nitrogens with two attached hydrogens (primary N) is 1. The first-order valence-corrected chi connectivity index (χ1v) is 11.7. The standard InChI is InChI=1S/C27H28N6O/c28-17-19-9-11-21-23(14-19)32-25(30-21)16-26-31-22-12-10-20(15-24(22)33-26)27(34)29-13-5-4-8-18-6-2-1-3-7-18/h1-3,6-7,9-12,14-15H,4-5,8,13,16-17,28H2,(H,29,34)(H,30,32)(H,31,33). The van der Waals surface area contributed by atoms with Gasteiger partial charge in [-0.2, -0.15) is 0 Å². The summed E-state index contributed by atoms with van der Waals surface area (Å²) in [6.07, 6.45) is 3.56. The highest BCUT2D eigenvalue weighted by Gasteiger charge is 2.11. The van der Waals surface area contributed by atoms with Gasteiger partial charge in [0.1, 0.15) is 11.6 Å². The molecule has 7 nitrogen and oxygen atoms in total. The van der Waals surface area contributed by atoms with Crippen LogP contribution >= 0.6 is 0 Å². The van der Waals surface area contributed by atoms with Crippen molar-refractivity contribution in [3.8, 4) is 0 Å². The fourth-order valence-corrected chi connectivity index (χ4v) is 4.17. The monoisotopic (exact) mass is 452 g/mol. The summed E-state index contributed by atoms with van der Waals surface area (Å²) in [5.74, 6) is 1.56. The van der Waals surface area contributed by atoms with Gasteiger partial charge in [0.05, 0.1) is 28.5 Å². The number of fused-ring (bicyclic) bond motifs is 2. The van der Waals surface area contributed by atoms with E-state index in [-0.39, 0.29) is 5.91 Å². The molecule has 5 rings (SSSR count). The number of amides is 1. The number of carbonyl (C=O) groups is 1. The van der Waals surface area contributed by atoms with Gasteiger partial charge in [0.2, 0.25) is 0 Å². The molecule has 0 bridgehead atoms. The van der Waals surface area contributed by atoms with E-state index < -0.39 is 0 Å². The summed E-state index contributed by atoms with van der Waals surface area (Å²) >= 11 is 0. The lowest BCUT2D eigenvalue weighted by atomic mass is 10.1. The van der Waals surface area contributed by atoms with Crippen molar-refractivity contribution < 1.29 is 4.79 Å². The number of benzene rings is 3. The summed E-state index contributed by atoms with van der Waals surface area (Å²) in [6.45, 7) is 1.16. The quantitative estimate of drug-likeness (QED) is 0.251. The number of nitrogens with zero attached hydrogens (tertiary/aromatic N) is 2. The maximum atomic E-state index is 12.6. The van der Waals surface area contributed by atoms with Crippen LogP contribution < -0.4 is 11.1 Å². The van der Waals surface area contributed by atoms with Crippen LogP contribution in [0.1, 0.15) is 46.0 Å². The number of carbonyl (C=O) groups excluding carboxylic acids is 1. The Balaban J connectivity index is 1.19. The average molecular weight is 453 g/mol. The number of nitrogens with one attached hydrogen (secondary N) is 3. The average Bonchev–Trinajstić information content (AvgIpc) is 3.46. The van der Waals surface area contributed by atoms with Crippen molar-refractivity contribution in [1.82, 2.24) is 25.3 Å². The van der Waals surface area contributed by atoms with E-state index in [4.69, 9.17) is 5.73 Å². The van der Waals surface area contributed by atoms with Crippen molar-refractivity contribution in [1.29, 1.82) is 0 Å². The lowest BCUT2D eigenvalue weighted by Crippen LogP contribution is -2.24. The van der Waals surface area contributed by atoms with Crippen LogP contribution in [0, 0.1) is 0 Å². The minimum absolute atomic E-state index is 0.0641. The second-order valence-corrected chi connectivity index (χ2v) is 8.53. The molecule has 3 aromatic carbocycles. The minimum Gasteiger partial charge on any atom is -0.352 e. The number of hydrogen-bond acceptors (Lipinski definition) is 4. The number of rotatable bonds is 9.